The number of rotatable bonds is 5. The largest absolute Gasteiger partial charge is 0.339 e. The lowest BCUT2D eigenvalue weighted by Gasteiger charge is -2.32. The van der Waals surface area contributed by atoms with Crippen molar-refractivity contribution in [2.75, 3.05) is 19.6 Å². The average molecular weight is 450 g/mol. The van der Waals surface area contributed by atoms with Crippen LogP contribution in [0.5, 0.6) is 0 Å². The van der Waals surface area contributed by atoms with E-state index >= 15 is 0 Å². The van der Waals surface area contributed by atoms with Gasteiger partial charge in [-0.25, -0.2) is 0 Å². The predicted octanol–water partition coefficient (Wildman–Crippen LogP) is 3.80. The Hall–Kier alpha value is -3.37. The van der Waals surface area contributed by atoms with E-state index in [9.17, 15) is 9.59 Å². The Kier molecular flexibility index (Phi) is 6.42. The third kappa shape index (κ3) is 4.61. The summed E-state index contributed by atoms with van der Waals surface area (Å²) in [5.41, 5.74) is 2.92. The highest BCUT2D eigenvalue weighted by Gasteiger charge is 2.24. The Morgan fingerprint density at radius 2 is 1.91 bits per heavy atom. The number of hydrogen-bond acceptors (Lipinski definition) is 4. The number of nitrogens with zero attached hydrogens (tertiary/aromatic N) is 4. The van der Waals surface area contributed by atoms with Crippen molar-refractivity contribution in [2.24, 2.45) is 5.92 Å². The van der Waals surface area contributed by atoms with E-state index < -0.39 is 0 Å². The second-order valence-electron chi connectivity index (χ2n) is 8.11. The molecule has 1 N–H and O–H groups in total. The fourth-order valence-electron chi connectivity index (χ4n) is 4.19. The Labute approximate surface area is 191 Å². The molecule has 0 atom stereocenters. The molecule has 2 heterocycles. The first-order valence-corrected chi connectivity index (χ1v) is 11.0. The Bertz CT molecular complexity index is 1190. The number of aromatic nitrogens is 2. The maximum atomic E-state index is 12.7. The molecule has 0 saturated carbocycles. The Balaban J connectivity index is 1.39. The normalized spacial score (nSPS) is 14.3. The molecule has 164 valence electrons. The summed E-state index contributed by atoms with van der Waals surface area (Å²) in [7, 11) is 0. The van der Waals surface area contributed by atoms with E-state index in [0.29, 0.717) is 22.1 Å². The quantitative estimate of drug-likeness (QED) is 0.599. The van der Waals surface area contributed by atoms with Gasteiger partial charge in [0, 0.05) is 47.4 Å². The first kappa shape index (κ1) is 21.8. The number of fused-ring (bicyclic) bond motifs is 1. The van der Waals surface area contributed by atoms with Crippen LogP contribution in [0, 0.1) is 24.2 Å². The molecule has 0 bridgehead atoms. The van der Waals surface area contributed by atoms with E-state index in [4.69, 9.17) is 16.9 Å². The van der Waals surface area contributed by atoms with Crippen LogP contribution >= 0.6 is 11.6 Å². The van der Waals surface area contributed by atoms with Crippen LogP contribution in [0.1, 0.15) is 39.1 Å². The lowest BCUT2D eigenvalue weighted by molar-refractivity contribution is 0.0681. The lowest BCUT2D eigenvalue weighted by Crippen LogP contribution is -2.39. The molecule has 1 aliphatic rings. The van der Waals surface area contributed by atoms with Crippen LogP contribution in [0.4, 0.5) is 0 Å². The predicted molar refractivity (Wildman–Crippen MR) is 122 cm³/mol. The third-order valence-electron chi connectivity index (χ3n) is 6.02. The summed E-state index contributed by atoms with van der Waals surface area (Å²) >= 11 is 5.92. The molecule has 8 heteroatoms. The van der Waals surface area contributed by atoms with Gasteiger partial charge in [0.25, 0.3) is 11.8 Å². The zero-order valence-electron chi connectivity index (χ0n) is 17.8. The van der Waals surface area contributed by atoms with Gasteiger partial charge in [-0.3, -0.25) is 14.3 Å². The van der Waals surface area contributed by atoms with Crippen molar-refractivity contribution < 1.29 is 9.59 Å². The fourth-order valence-corrected chi connectivity index (χ4v) is 4.32. The van der Waals surface area contributed by atoms with Crippen molar-refractivity contribution >= 4 is 34.3 Å². The van der Waals surface area contributed by atoms with Crippen LogP contribution in [0.15, 0.2) is 42.6 Å². The number of benzene rings is 2. The first-order chi connectivity index (χ1) is 15.5. The summed E-state index contributed by atoms with van der Waals surface area (Å²) < 4.78 is 1.94. The second-order valence-corrected chi connectivity index (χ2v) is 8.54. The van der Waals surface area contributed by atoms with Gasteiger partial charge in [0.05, 0.1) is 11.6 Å². The average Bonchev–Trinajstić information content (AvgIpc) is 3.22. The number of carbonyl (C=O) groups excluding carboxylic acids is 2. The molecule has 0 aliphatic carbocycles. The number of nitriles is 1. The lowest BCUT2D eigenvalue weighted by atomic mass is 9.96. The Morgan fingerprint density at radius 1 is 1.19 bits per heavy atom. The maximum Gasteiger partial charge on any atom is 0.253 e. The SMILES string of the molecule is Cc1c(C(=O)NCC#N)ccc2nn(CC3CCN(C(=O)c4ccc(Cl)cc4)CC3)cc12. The van der Waals surface area contributed by atoms with Gasteiger partial charge in [-0.05, 0) is 67.6 Å². The molecular formula is C24H24ClN5O2. The highest BCUT2D eigenvalue weighted by molar-refractivity contribution is 6.30. The van der Waals surface area contributed by atoms with Gasteiger partial charge in [0.1, 0.15) is 6.54 Å². The molecule has 1 saturated heterocycles. The number of piperidine rings is 1. The van der Waals surface area contributed by atoms with Crippen LogP contribution in [-0.4, -0.2) is 46.1 Å². The zero-order valence-corrected chi connectivity index (χ0v) is 18.6. The van der Waals surface area contributed by atoms with Crippen LogP contribution in [0.3, 0.4) is 0 Å². The van der Waals surface area contributed by atoms with Gasteiger partial charge in [0.2, 0.25) is 0 Å². The smallest absolute Gasteiger partial charge is 0.253 e. The second kappa shape index (κ2) is 9.41. The molecule has 4 rings (SSSR count). The molecule has 1 fully saturated rings. The van der Waals surface area contributed by atoms with Crippen LogP contribution in [0.2, 0.25) is 5.02 Å². The van der Waals surface area contributed by atoms with Gasteiger partial charge in [-0.2, -0.15) is 10.4 Å². The minimum absolute atomic E-state index is 0.0191. The number of hydrogen-bond donors (Lipinski definition) is 1. The van der Waals surface area contributed by atoms with Crippen LogP contribution < -0.4 is 5.32 Å². The third-order valence-corrected chi connectivity index (χ3v) is 6.27. The number of aryl methyl sites for hydroxylation is 1. The highest BCUT2D eigenvalue weighted by Crippen LogP contribution is 2.24. The summed E-state index contributed by atoms with van der Waals surface area (Å²) in [5, 5.41) is 17.5. The minimum atomic E-state index is -0.253. The van der Waals surface area contributed by atoms with Crippen molar-refractivity contribution in [3.05, 3.63) is 64.3 Å². The van der Waals surface area contributed by atoms with E-state index in [1.807, 2.05) is 34.8 Å². The standard InChI is InChI=1S/C24H24ClN5O2/c1-16-20(23(31)27-11-10-26)6-7-22-21(16)15-30(28-22)14-17-8-12-29(13-9-17)24(32)18-2-4-19(25)5-3-18/h2-7,15,17H,8-9,11-14H2,1H3,(H,27,31). The zero-order chi connectivity index (χ0) is 22.7. The summed E-state index contributed by atoms with van der Waals surface area (Å²) in [4.78, 5) is 26.9. The minimum Gasteiger partial charge on any atom is -0.339 e. The molecule has 32 heavy (non-hydrogen) atoms. The highest BCUT2D eigenvalue weighted by atomic mass is 35.5. The van der Waals surface area contributed by atoms with Crippen molar-refractivity contribution in [1.82, 2.24) is 20.0 Å². The van der Waals surface area contributed by atoms with Crippen LogP contribution in [0.25, 0.3) is 10.9 Å². The van der Waals surface area contributed by atoms with Gasteiger partial charge >= 0.3 is 0 Å². The van der Waals surface area contributed by atoms with Crippen molar-refractivity contribution in [3.63, 3.8) is 0 Å². The molecule has 1 aliphatic heterocycles. The van der Waals surface area contributed by atoms with Crippen molar-refractivity contribution in [3.8, 4) is 6.07 Å². The fraction of sp³-hybridized carbons (Fsp3) is 0.333. The molecule has 2 aromatic carbocycles. The van der Waals surface area contributed by atoms with E-state index in [2.05, 4.69) is 10.4 Å². The van der Waals surface area contributed by atoms with Gasteiger partial charge in [0.15, 0.2) is 0 Å². The van der Waals surface area contributed by atoms with Crippen molar-refractivity contribution in [1.29, 1.82) is 5.26 Å². The number of nitrogens with one attached hydrogen (secondary N) is 1. The summed E-state index contributed by atoms with van der Waals surface area (Å²) in [5.74, 6) is 0.219. The molecule has 2 amide bonds. The molecule has 0 spiro atoms. The number of likely N-dealkylation sites (tertiary alicyclic amines) is 1. The summed E-state index contributed by atoms with van der Waals surface area (Å²) in [6.07, 6.45) is 3.81. The molecule has 3 aromatic rings. The number of amides is 2. The van der Waals surface area contributed by atoms with Crippen molar-refractivity contribution in [2.45, 2.75) is 26.3 Å². The van der Waals surface area contributed by atoms with E-state index in [0.717, 1.165) is 48.9 Å². The van der Waals surface area contributed by atoms with Gasteiger partial charge < -0.3 is 10.2 Å². The number of carbonyl (C=O) groups is 2. The molecule has 0 unspecified atom stereocenters. The van der Waals surface area contributed by atoms with Gasteiger partial charge in [-0.15, -0.1) is 0 Å². The first-order valence-electron chi connectivity index (χ1n) is 10.6. The summed E-state index contributed by atoms with van der Waals surface area (Å²) in [6.45, 7) is 4.09. The van der Waals surface area contributed by atoms with Gasteiger partial charge in [-0.1, -0.05) is 11.6 Å². The Morgan fingerprint density at radius 3 is 2.59 bits per heavy atom. The van der Waals surface area contributed by atoms with E-state index in [-0.39, 0.29) is 18.4 Å². The molecule has 7 nitrogen and oxygen atoms in total. The molecule has 0 radical (unpaired) electrons. The van der Waals surface area contributed by atoms with E-state index in [1.54, 1.807) is 30.3 Å². The van der Waals surface area contributed by atoms with E-state index in [1.165, 1.54) is 0 Å². The molecule has 1 aromatic heterocycles. The topological polar surface area (TPSA) is 91.0 Å². The van der Waals surface area contributed by atoms with Crippen LogP contribution in [-0.2, 0) is 6.54 Å². The summed E-state index contributed by atoms with van der Waals surface area (Å²) in [6, 6.07) is 12.5. The molecular weight excluding hydrogens is 426 g/mol. The maximum absolute atomic E-state index is 12.7. The monoisotopic (exact) mass is 449 g/mol. The number of halogens is 1.